The Labute approximate surface area is 116 Å². The molecule has 0 heterocycles. The fourth-order valence-corrected chi connectivity index (χ4v) is 2.23. The maximum Gasteiger partial charge on any atom is 0.236 e. The Hall–Kier alpha value is -1.07. The molecule has 5 heteroatoms. The summed E-state index contributed by atoms with van der Waals surface area (Å²) in [6.07, 6.45) is 0. The predicted octanol–water partition coefficient (Wildman–Crippen LogP) is 1.86. The molecule has 0 saturated carbocycles. The van der Waals surface area contributed by atoms with Crippen molar-refractivity contribution in [3.63, 3.8) is 0 Å². The minimum absolute atomic E-state index is 0.210. The van der Waals surface area contributed by atoms with Crippen LogP contribution in [0.1, 0.15) is 19.4 Å². The fraction of sp³-hybridized carbons (Fsp3) is 0.462. The normalized spacial score (nSPS) is 10.7. The number of hydrogen-bond donors (Lipinski definition) is 2. The van der Waals surface area contributed by atoms with E-state index in [2.05, 4.69) is 29.8 Å². The van der Waals surface area contributed by atoms with Crippen LogP contribution in [0.2, 0.25) is 0 Å². The van der Waals surface area contributed by atoms with Gasteiger partial charge in [0.15, 0.2) is 0 Å². The van der Waals surface area contributed by atoms with Gasteiger partial charge in [-0.2, -0.15) is 0 Å². The number of hydrogen-bond acceptors (Lipinski definition) is 3. The Morgan fingerprint density at radius 2 is 2.11 bits per heavy atom. The molecule has 1 rings (SSSR count). The van der Waals surface area contributed by atoms with Gasteiger partial charge in [-0.05, 0) is 23.6 Å². The smallest absolute Gasteiger partial charge is 0.236 e. The number of benzene rings is 1. The zero-order chi connectivity index (χ0) is 13.7. The van der Waals surface area contributed by atoms with E-state index < -0.39 is 0 Å². The Kier molecular flexibility index (Phi) is 5.62. The molecule has 4 N–H and O–H groups in total. The lowest BCUT2D eigenvalue weighted by atomic mass is 10.1. The van der Waals surface area contributed by atoms with Crippen LogP contribution < -0.4 is 16.4 Å². The van der Waals surface area contributed by atoms with E-state index in [1.807, 2.05) is 23.1 Å². The van der Waals surface area contributed by atoms with Crippen molar-refractivity contribution in [1.29, 1.82) is 0 Å². The van der Waals surface area contributed by atoms with E-state index in [0.717, 1.165) is 22.3 Å². The summed E-state index contributed by atoms with van der Waals surface area (Å²) in [7, 11) is 0. The lowest BCUT2D eigenvalue weighted by Gasteiger charge is -2.27. The van der Waals surface area contributed by atoms with Crippen LogP contribution in [0.4, 0.5) is 5.69 Å². The minimum Gasteiger partial charge on any atom is -0.368 e. The highest BCUT2D eigenvalue weighted by molar-refractivity contribution is 9.10. The summed E-state index contributed by atoms with van der Waals surface area (Å²) in [4.78, 5) is 13.2. The molecule has 1 aromatic rings. The number of amides is 1. The van der Waals surface area contributed by atoms with Gasteiger partial charge in [0.25, 0.3) is 0 Å². The van der Waals surface area contributed by atoms with Crippen molar-refractivity contribution in [2.24, 2.45) is 17.4 Å². The van der Waals surface area contributed by atoms with Gasteiger partial charge < -0.3 is 16.4 Å². The van der Waals surface area contributed by atoms with E-state index in [-0.39, 0.29) is 12.5 Å². The number of nitrogens with zero attached hydrogens (tertiary/aromatic N) is 1. The first kappa shape index (κ1) is 15.0. The average molecular weight is 314 g/mol. The number of anilines is 1. The second-order valence-electron chi connectivity index (χ2n) is 4.72. The zero-order valence-electron chi connectivity index (χ0n) is 10.8. The highest BCUT2D eigenvalue weighted by atomic mass is 79.9. The Bertz CT molecular complexity index is 421. The molecule has 0 fully saturated rings. The lowest BCUT2D eigenvalue weighted by molar-refractivity contribution is -0.116. The van der Waals surface area contributed by atoms with Crippen LogP contribution in [0.15, 0.2) is 22.7 Å². The Balaban J connectivity index is 3.09. The third kappa shape index (κ3) is 4.31. The lowest BCUT2D eigenvalue weighted by Crippen LogP contribution is -2.37. The first-order valence-electron chi connectivity index (χ1n) is 5.95. The molecule has 100 valence electrons. The molecule has 0 aliphatic carbocycles. The average Bonchev–Trinajstić information content (AvgIpc) is 2.26. The molecule has 1 amide bonds. The molecule has 4 nitrogen and oxygen atoms in total. The highest BCUT2D eigenvalue weighted by Crippen LogP contribution is 2.25. The van der Waals surface area contributed by atoms with Crippen molar-refractivity contribution in [1.82, 2.24) is 0 Å². The van der Waals surface area contributed by atoms with E-state index in [4.69, 9.17) is 11.5 Å². The van der Waals surface area contributed by atoms with Gasteiger partial charge in [0.05, 0.1) is 6.54 Å². The van der Waals surface area contributed by atoms with Crippen LogP contribution >= 0.6 is 15.9 Å². The van der Waals surface area contributed by atoms with Crippen molar-refractivity contribution in [3.05, 3.63) is 28.2 Å². The predicted molar refractivity (Wildman–Crippen MR) is 78.3 cm³/mol. The number of carbonyl (C=O) groups is 1. The van der Waals surface area contributed by atoms with Crippen molar-refractivity contribution in [3.8, 4) is 0 Å². The monoisotopic (exact) mass is 313 g/mol. The van der Waals surface area contributed by atoms with Crippen LogP contribution in [-0.2, 0) is 11.3 Å². The van der Waals surface area contributed by atoms with E-state index >= 15 is 0 Å². The van der Waals surface area contributed by atoms with Crippen molar-refractivity contribution in [2.45, 2.75) is 20.4 Å². The maximum atomic E-state index is 11.2. The van der Waals surface area contributed by atoms with Gasteiger partial charge in [0, 0.05) is 23.2 Å². The molecule has 0 saturated heterocycles. The van der Waals surface area contributed by atoms with Crippen LogP contribution in [0.5, 0.6) is 0 Å². The first-order valence-corrected chi connectivity index (χ1v) is 6.75. The second kappa shape index (κ2) is 6.75. The summed E-state index contributed by atoms with van der Waals surface area (Å²) in [5.41, 5.74) is 13.0. The minimum atomic E-state index is -0.335. The van der Waals surface area contributed by atoms with E-state index in [1.165, 1.54) is 0 Å². The topological polar surface area (TPSA) is 72.3 Å². The third-order valence-corrected chi connectivity index (χ3v) is 3.03. The van der Waals surface area contributed by atoms with Gasteiger partial charge in [0.2, 0.25) is 5.91 Å². The van der Waals surface area contributed by atoms with Gasteiger partial charge >= 0.3 is 0 Å². The Morgan fingerprint density at radius 1 is 1.44 bits per heavy atom. The number of nitrogens with two attached hydrogens (primary N) is 2. The van der Waals surface area contributed by atoms with Crippen molar-refractivity contribution in [2.75, 3.05) is 18.0 Å². The van der Waals surface area contributed by atoms with Crippen molar-refractivity contribution >= 4 is 27.5 Å². The SMILES string of the molecule is CC(C)CN(CC(N)=O)c1cc(Br)ccc1CN. The molecular weight excluding hydrogens is 294 g/mol. The summed E-state index contributed by atoms with van der Waals surface area (Å²) in [6.45, 7) is 5.63. The molecule has 1 aromatic carbocycles. The standard InChI is InChI=1S/C13H20BrN3O/c1-9(2)7-17(8-13(16)18)12-5-11(14)4-3-10(12)6-15/h3-5,9H,6-8,15H2,1-2H3,(H2,16,18). The summed E-state index contributed by atoms with van der Waals surface area (Å²) in [5.74, 6) is 0.104. The van der Waals surface area contributed by atoms with Crippen molar-refractivity contribution < 1.29 is 4.79 Å². The number of primary amides is 1. The first-order chi connectivity index (χ1) is 8.43. The molecule has 0 atom stereocenters. The molecule has 0 aliphatic heterocycles. The molecule has 0 aromatic heterocycles. The Morgan fingerprint density at radius 3 is 2.61 bits per heavy atom. The van der Waals surface area contributed by atoms with Crippen LogP contribution in [0.3, 0.4) is 0 Å². The molecule has 0 bridgehead atoms. The van der Waals surface area contributed by atoms with Gasteiger partial charge in [0.1, 0.15) is 0 Å². The highest BCUT2D eigenvalue weighted by Gasteiger charge is 2.14. The van der Waals surface area contributed by atoms with Gasteiger partial charge in [-0.25, -0.2) is 0 Å². The summed E-state index contributed by atoms with van der Waals surface area (Å²) < 4.78 is 0.966. The fourth-order valence-electron chi connectivity index (χ4n) is 1.88. The van der Waals surface area contributed by atoms with Crippen LogP contribution in [0.25, 0.3) is 0 Å². The molecule has 18 heavy (non-hydrogen) atoms. The van der Waals surface area contributed by atoms with Crippen LogP contribution in [0, 0.1) is 5.92 Å². The quantitative estimate of drug-likeness (QED) is 0.842. The molecule has 0 unspecified atom stereocenters. The van der Waals surface area contributed by atoms with Gasteiger partial charge in [-0.3, -0.25) is 4.79 Å². The zero-order valence-corrected chi connectivity index (χ0v) is 12.4. The molecule has 0 radical (unpaired) electrons. The number of halogens is 1. The van der Waals surface area contributed by atoms with E-state index in [9.17, 15) is 4.79 Å². The summed E-state index contributed by atoms with van der Waals surface area (Å²) >= 11 is 3.44. The van der Waals surface area contributed by atoms with E-state index in [0.29, 0.717) is 12.5 Å². The largest absolute Gasteiger partial charge is 0.368 e. The molecular formula is C13H20BrN3O. The molecule has 0 spiro atoms. The van der Waals surface area contributed by atoms with Crippen LogP contribution in [-0.4, -0.2) is 19.0 Å². The van der Waals surface area contributed by atoms with Gasteiger partial charge in [-0.15, -0.1) is 0 Å². The van der Waals surface area contributed by atoms with E-state index in [1.54, 1.807) is 0 Å². The molecule has 0 aliphatic rings. The maximum absolute atomic E-state index is 11.2. The second-order valence-corrected chi connectivity index (χ2v) is 5.63. The summed E-state index contributed by atoms with van der Waals surface area (Å²) in [6, 6.07) is 5.89. The number of carbonyl (C=O) groups excluding carboxylic acids is 1. The van der Waals surface area contributed by atoms with Gasteiger partial charge in [-0.1, -0.05) is 35.8 Å². The summed E-state index contributed by atoms with van der Waals surface area (Å²) in [5, 5.41) is 0. The third-order valence-electron chi connectivity index (χ3n) is 2.54. The number of rotatable bonds is 6.